The highest BCUT2D eigenvalue weighted by atomic mass is 79.9. The number of nitrogens with two attached hydrogens (primary N) is 1. The smallest absolute Gasteiger partial charge is 0.179 e. The van der Waals surface area contributed by atoms with Crippen LogP contribution in [0, 0.1) is 11.7 Å². The number of halogens is 3. The first-order valence-corrected chi connectivity index (χ1v) is 5.33. The van der Waals surface area contributed by atoms with E-state index in [4.69, 9.17) is 5.73 Å². The van der Waals surface area contributed by atoms with Crippen molar-refractivity contribution in [3.05, 3.63) is 28.0 Å². The van der Waals surface area contributed by atoms with E-state index >= 15 is 0 Å². The Hall–Kier alpha value is -0.320. The highest BCUT2D eigenvalue weighted by Crippen LogP contribution is 2.43. The second-order valence-electron chi connectivity index (χ2n) is 3.66. The Kier molecular flexibility index (Phi) is 3.98. The Balaban J connectivity index is 0.00000112. The van der Waals surface area contributed by atoms with Crippen LogP contribution in [0.2, 0.25) is 0 Å². The van der Waals surface area contributed by atoms with E-state index in [-0.39, 0.29) is 28.7 Å². The van der Waals surface area contributed by atoms with Gasteiger partial charge < -0.3 is 10.8 Å². The summed E-state index contributed by atoms with van der Waals surface area (Å²) in [4.78, 5) is 0. The molecule has 0 spiro atoms. The Morgan fingerprint density at radius 2 is 2.07 bits per heavy atom. The third-order valence-electron chi connectivity index (χ3n) is 2.59. The number of benzene rings is 1. The van der Waals surface area contributed by atoms with Gasteiger partial charge in [-0.1, -0.05) is 6.07 Å². The van der Waals surface area contributed by atoms with E-state index in [2.05, 4.69) is 15.9 Å². The van der Waals surface area contributed by atoms with Gasteiger partial charge in [0.25, 0.3) is 0 Å². The summed E-state index contributed by atoms with van der Waals surface area (Å²) in [6.45, 7) is 0. The summed E-state index contributed by atoms with van der Waals surface area (Å²) in [6, 6.07) is 3.01. The molecule has 1 fully saturated rings. The molecule has 0 unspecified atom stereocenters. The molecular weight excluding hydrogens is 284 g/mol. The van der Waals surface area contributed by atoms with Gasteiger partial charge in [-0.25, -0.2) is 4.39 Å². The average Bonchev–Trinajstić information content (AvgIpc) is 2.97. The van der Waals surface area contributed by atoms with Crippen molar-refractivity contribution in [2.75, 3.05) is 0 Å². The van der Waals surface area contributed by atoms with Crippen LogP contribution in [0.15, 0.2) is 16.6 Å². The number of phenolic OH excluding ortho intramolecular Hbond substituents is 1. The molecule has 1 atom stereocenters. The summed E-state index contributed by atoms with van der Waals surface area (Å²) in [7, 11) is 0. The van der Waals surface area contributed by atoms with Crippen LogP contribution in [-0.2, 0) is 0 Å². The van der Waals surface area contributed by atoms with Crippen molar-refractivity contribution in [2.24, 2.45) is 11.7 Å². The maximum Gasteiger partial charge on any atom is 0.179 e. The first-order valence-electron chi connectivity index (χ1n) is 4.53. The third-order valence-corrected chi connectivity index (χ3v) is 3.20. The standard InChI is InChI=1S/C10H11BrFNO.ClH/c11-7-4-3-6(10(14)8(7)12)9(13)5-1-2-5;/h3-5,9,14H,1-2,13H2;1H/t9-;/m1./s1. The van der Waals surface area contributed by atoms with Crippen LogP contribution < -0.4 is 5.73 Å². The SMILES string of the molecule is Cl.N[C@@H](c1ccc(Br)c(F)c1O)C1CC1. The zero-order valence-corrected chi connectivity index (χ0v) is 10.3. The zero-order chi connectivity index (χ0) is 10.3. The van der Waals surface area contributed by atoms with Crippen LogP contribution in [0.25, 0.3) is 0 Å². The highest BCUT2D eigenvalue weighted by molar-refractivity contribution is 9.10. The minimum atomic E-state index is -0.626. The van der Waals surface area contributed by atoms with Gasteiger partial charge in [0, 0.05) is 11.6 Å². The van der Waals surface area contributed by atoms with Crippen molar-refractivity contribution in [3.63, 3.8) is 0 Å². The summed E-state index contributed by atoms with van der Waals surface area (Å²) in [5.41, 5.74) is 6.39. The summed E-state index contributed by atoms with van der Waals surface area (Å²) < 4.78 is 13.5. The fraction of sp³-hybridized carbons (Fsp3) is 0.400. The molecule has 0 heterocycles. The van der Waals surface area contributed by atoms with E-state index in [1.165, 1.54) is 0 Å². The van der Waals surface area contributed by atoms with Gasteiger partial charge in [0.2, 0.25) is 0 Å². The Morgan fingerprint density at radius 1 is 1.47 bits per heavy atom. The quantitative estimate of drug-likeness (QED) is 0.881. The second kappa shape index (κ2) is 4.68. The number of hydrogen-bond acceptors (Lipinski definition) is 2. The van der Waals surface area contributed by atoms with Gasteiger partial charge in [-0.2, -0.15) is 0 Å². The van der Waals surface area contributed by atoms with Gasteiger partial charge in [-0.15, -0.1) is 12.4 Å². The molecule has 1 aromatic carbocycles. The molecule has 84 valence electrons. The molecule has 0 aliphatic heterocycles. The molecule has 1 aliphatic rings. The van der Waals surface area contributed by atoms with Crippen molar-refractivity contribution in [1.29, 1.82) is 0 Å². The highest BCUT2D eigenvalue weighted by Gasteiger charge is 2.31. The molecule has 2 rings (SSSR count). The number of phenols is 1. The fourth-order valence-electron chi connectivity index (χ4n) is 1.53. The van der Waals surface area contributed by atoms with Gasteiger partial charge in [0.15, 0.2) is 11.6 Å². The topological polar surface area (TPSA) is 46.2 Å². The Labute approximate surface area is 102 Å². The van der Waals surface area contributed by atoms with Crippen molar-refractivity contribution < 1.29 is 9.50 Å². The molecule has 0 aromatic heterocycles. The maximum atomic E-state index is 13.3. The van der Waals surface area contributed by atoms with Crippen LogP contribution in [0.5, 0.6) is 5.75 Å². The van der Waals surface area contributed by atoms with Crippen molar-refractivity contribution >= 4 is 28.3 Å². The van der Waals surface area contributed by atoms with Crippen LogP contribution in [0.4, 0.5) is 4.39 Å². The number of rotatable bonds is 2. The van der Waals surface area contributed by atoms with E-state index < -0.39 is 5.82 Å². The van der Waals surface area contributed by atoms with Crippen LogP contribution >= 0.6 is 28.3 Å². The largest absolute Gasteiger partial charge is 0.505 e. The molecule has 3 N–H and O–H groups in total. The fourth-order valence-corrected chi connectivity index (χ4v) is 1.85. The van der Waals surface area contributed by atoms with Gasteiger partial charge >= 0.3 is 0 Å². The lowest BCUT2D eigenvalue weighted by molar-refractivity contribution is 0.415. The van der Waals surface area contributed by atoms with Crippen molar-refractivity contribution in [3.8, 4) is 5.75 Å². The van der Waals surface area contributed by atoms with Gasteiger partial charge in [-0.05, 0) is 40.8 Å². The minimum absolute atomic E-state index is 0. The normalized spacial score (nSPS) is 17.0. The van der Waals surface area contributed by atoms with E-state index in [1.807, 2.05) is 0 Å². The van der Waals surface area contributed by atoms with Crippen LogP contribution in [-0.4, -0.2) is 5.11 Å². The van der Waals surface area contributed by atoms with E-state index in [1.54, 1.807) is 12.1 Å². The first kappa shape index (κ1) is 12.7. The maximum absolute atomic E-state index is 13.3. The van der Waals surface area contributed by atoms with Crippen LogP contribution in [0.3, 0.4) is 0 Å². The number of aromatic hydroxyl groups is 1. The molecule has 1 aliphatic carbocycles. The molecule has 1 aromatic rings. The Bertz CT molecular complexity index is 371. The Morgan fingerprint density at radius 3 is 2.60 bits per heavy atom. The van der Waals surface area contributed by atoms with E-state index in [0.29, 0.717) is 11.5 Å². The average molecular weight is 297 g/mol. The third kappa shape index (κ3) is 2.44. The van der Waals surface area contributed by atoms with Crippen molar-refractivity contribution in [2.45, 2.75) is 18.9 Å². The molecule has 2 nitrogen and oxygen atoms in total. The lowest BCUT2D eigenvalue weighted by Gasteiger charge is -2.13. The minimum Gasteiger partial charge on any atom is -0.505 e. The molecule has 0 radical (unpaired) electrons. The molecule has 0 amide bonds. The number of hydrogen-bond donors (Lipinski definition) is 2. The monoisotopic (exact) mass is 295 g/mol. The van der Waals surface area contributed by atoms with Gasteiger partial charge in [0.1, 0.15) is 0 Å². The van der Waals surface area contributed by atoms with Gasteiger partial charge in [0.05, 0.1) is 4.47 Å². The zero-order valence-electron chi connectivity index (χ0n) is 7.91. The summed E-state index contributed by atoms with van der Waals surface area (Å²) in [6.07, 6.45) is 2.14. The second-order valence-corrected chi connectivity index (χ2v) is 4.52. The predicted molar refractivity (Wildman–Crippen MR) is 62.7 cm³/mol. The lowest BCUT2D eigenvalue weighted by atomic mass is 10.0. The molecular formula is C10H12BrClFNO. The lowest BCUT2D eigenvalue weighted by Crippen LogP contribution is -2.12. The molecule has 0 saturated heterocycles. The predicted octanol–water partition coefficient (Wildman–Crippen LogP) is 3.13. The summed E-state index contributed by atoms with van der Waals surface area (Å²) >= 11 is 3.01. The molecule has 1 saturated carbocycles. The van der Waals surface area contributed by atoms with Gasteiger partial charge in [-0.3, -0.25) is 0 Å². The molecule has 15 heavy (non-hydrogen) atoms. The summed E-state index contributed by atoms with van der Waals surface area (Å²) in [5, 5.41) is 9.54. The van der Waals surface area contributed by atoms with Crippen molar-refractivity contribution in [1.82, 2.24) is 0 Å². The first-order chi connectivity index (χ1) is 6.61. The van der Waals surface area contributed by atoms with E-state index in [0.717, 1.165) is 12.8 Å². The van der Waals surface area contributed by atoms with E-state index in [9.17, 15) is 9.50 Å². The van der Waals surface area contributed by atoms with Crippen LogP contribution in [0.1, 0.15) is 24.4 Å². The molecule has 5 heteroatoms. The summed E-state index contributed by atoms with van der Waals surface area (Å²) in [5.74, 6) is -0.543. The molecule has 0 bridgehead atoms.